The molecule has 0 heterocycles. The van der Waals surface area contributed by atoms with Crippen molar-refractivity contribution in [3.05, 3.63) is 0 Å². The Balaban J connectivity index is -0.000000333. The fourth-order valence-electron chi connectivity index (χ4n) is 1.89. The van der Waals surface area contributed by atoms with Gasteiger partial charge >= 0.3 is 0 Å². The molecule has 0 amide bonds. The molecule has 8 nitrogen and oxygen atoms in total. The third kappa shape index (κ3) is 10.1. The second-order valence-corrected chi connectivity index (χ2v) is 5.05. The van der Waals surface area contributed by atoms with E-state index >= 15 is 0 Å². The van der Waals surface area contributed by atoms with Gasteiger partial charge in [-0.05, 0) is 27.7 Å². The van der Waals surface area contributed by atoms with E-state index in [9.17, 15) is 0 Å². The van der Waals surface area contributed by atoms with Crippen molar-refractivity contribution in [1.29, 1.82) is 21.3 Å². The molecule has 0 saturated heterocycles. The number of nitrogens with zero attached hydrogens (tertiary/aromatic N) is 2. The quantitative estimate of drug-likeness (QED) is 0.213. The Morgan fingerprint density at radius 3 is 1.04 bits per heavy atom. The largest absolute Gasteiger partial charge is 0.393 e. The normalized spacial score (nSPS) is 17.3. The van der Waals surface area contributed by atoms with Crippen LogP contribution in [0.15, 0.2) is 0 Å². The van der Waals surface area contributed by atoms with Gasteiger partial charge in [0.25, 0.3) is 0 Å². The van der Waals surface area contributed by atoms with E-state index in [1.54, 1.807) is 12.1 Å². The molecule has 0 aliphatic carbocycles. The van der Waals surface area contributed by atoms with Crippen LogP contribution >= 0.6 is 0 Å². The Hall–Kier alpha value is -1.32. The van der Waals surface area contributed by atoms with Crippen molar-refractivity contribution in [3.8, 4) is 12.1 Å². The molecule has 6 unspecified atom stereocenters. The summed E-state index contributed by atoms with van der Waals surface area (Å²) in [6, 6.07) is 3.16. The summed E-state index contributed by atoms with van der Waals surface area (Å²) in [5.41, 5.74) is 0.239. The first-order valence-electron chi connectivity index (χ1n) is 6.62. The average Bonchev–Trinajstić information content (AvgIpc) is 2.37. The van der Waals surface area contributed by atoms with E-state index in [2.05, 4.69) is 0 Å². The summed E-state index contributed by atoms with van der Waals surface area (Å²) >= 11 is 0. The molecule has 6 N–H and O–H groups in total. The van der Waals surface area contributed by atoms with Gasteiger partial charge in [0.05, 0.1) is 36.2 Å². The Morgan fingerprint density at radius 1 is 0.783 bits per heavy atom. The minimum absolute atomic E-state index is 0. The maximum Gasteiger partial charge on any atom is 0.150 e. The zero-order valence-electron chi connectivity index (χ0n) is 13.4. The van der Waals surface area contributed by atoms with E-state index in [0.29, 0.717) is 0 Å². The minimum atomic E-state index is -1.28. The Labute approximate surface area is 146 Å². The molecule has 0 bridgehead atoms. The van der Waals surface area contributed by atoms with Crippen LogP contribution in [0.5, 0.6) is 0 Å². The van der Waals surface area contributed by atoms with E-state index < -0.39 is 36.3 Å². The van der Waals surface area contributed by atoms with Gasteiger partial charge in [-0.1, -0.05) is 0 Å². The molecule has 6 atom stereocenters. The Bertz CT molecular complexity index is 415. The van der Waals surface area contributed by atoms with Crippen LogP contribution < -0.4 is 0 Å². The second-order valence-electron chi connectivity index (χ2n) is 5.05. The van der Waals surface area contributed by atoms with Crippen LogP contribution in [0.1, 0.15) is 27.7 Å². The number of aliphatic hydroxyl groups excluding tert-OH is 4. The summed E-state index contributed by atoms with van der Waals surface area (Å²) in [7, 11) is 0. The number of nitrogens with one attached hydrogen (secondary N) is 2. The van der Waals surface area contributed by atoms with Crippen molar-refractivity contribution in [1.82, 2.24) is 0 Å². The predicted octanol–water partition coefficient (Wildman–Crippen LogP) is -0.187. The summed E-state index contributed by atoms with van der Waals surface area (Å²) in [4.78, 5) is 0. The Kier molecular flexibility index (Phi) is 15.2. The fraction of sp³-hybridized carbons (Fsp3) is 0.714. The summed E-state index contributed by atoms with van der Waals surface area (Å²) < 4.78 is 0. The SMILES string of the molecule is CC(=N)C(C(C)O)C(O)C#N.CC(=N)C(C(C)O)C(O)C#N.[Cu]. The first-order valence-corrected chi connectivity index (χ1v) is 6.62. The van der Waals surface area contributed by atoms with Gasteiger partial charge in [-0.25, -0.2) is 0 Å². The third-order valence-electron chi connectivity index (χ3n) is 2.98. The van der Waals surface area contributed by atoms with Crippen LogP contribution in [0.2, 0.25) is 0 Å². The van der Waals surface area contributed by atoms with Crippen molar-refractivity contribution in [2.24, 2.45) is 11.8 Å². The number of nitriles is 2. The maximum absolute atomic E-state index is 9.03. The van der Waals surface area contributed by atoms with Gasteiger partial charge in [-0.3, -0.25) is 0 Å². The van der Waals surface area contributed by atoms with Gasteiger partial charge in [0.15, 0.2) is 12.2 Å². The molecule has 0 aromatic heterocycles. The number of rotatable bonds is 6. The van der Waals surface area contributed by atoms with Crippen LogP contribution in [-0.4, -0.2) is 56.3 Å². The van der Waals surface area contributed by atoms with Crippen LogP contribution in [0.3, 0.4) is 0 Å². The van der Waals surface area contributed by atoms with Crippen LogP contribution in [0, 0.1) is 45.3 Å². The standard InChI is InChI=1S/2C7H12N2O2.Cu/c2*1-4(9)7(5(2)10)6(11)3-8;/h2*5-7,9-11H,1-2H3;. The van der Waals surface area contributed by atoms with Crippen molar-refractivity contribution < 1.29 is 37.5 Å². The number of aliphatic hydroxyl groups is 4. The predicted molar refractivity (Wildman–Crippen MR) is 80.4 cm³/mol. The number of hydrogen-bond donors (Lipinski definition) is 6. The van der Waals surface area contributed by atoms with Crippen LogP contribution in [0.25, 0.3) is 0 Å². The van der Waals surface area contributed by atoms with Crippen molar-refractivity contribution in [2.75, 3.05) is 0 Å². The average molecular weight is 376 g/mol. The van der Waals surface area contributed by atoms with E-state index in [4.69, 9.17) is 41.8 Å². The molecule has 135 valence electrons. The minimum Gasteiger partial charge on any atom is -0.393 e. The molecular weight excluding hydrogens is 352 g/mol. The third-order valence-corrected chi connectivity index (χ3v) is 2.98. The van der Waals surface area contributed by atoms with Crippen LogP contribution in [-0.2, 0) is 17.1 Å². The molecule has 23 heavy (non-hydrogen) atoms. The first-order chi connectivity index (χ1) is 10.0. The molecule has 9 heteroatoms. The van der Waals surface area contributed by atoms with E-state index in [1.165, 1.54) is 27.7 Å². The maximum atomic E-state index is 9.03. The topological polar surface area (TPSA) is 176 Å². The zero-order chi connectivity index (χ0) is 18.0. The summed E-state index contributed by atoms with van der Waals surface area (Å²) in [6.07, 6.45) is -4.29. The zero-order valence-corrected chi connectivity index (χ0v) is 14.4. The monoisotopic (exact) mass is 375 g/mol. The van der Waals surface area contributed by atoms with E-state index in [1.807, 2.05) is 0 Å². The van der Waals surface area contributed by atoms with Gasteiger partial charge in [-0.15, -0.1) is 0 Å². The Morgan fingerprint density at radius 2 is 1.00 bits per heavy atom. The molecule has 0 fully saturated rings. The first kappa shape index (κ1) is 26.6. The fourth-order valence-corrected chi connectivity index (χ4v) is 1.89. The van der Waals surface area contributed by atoms with Crippen molar-refractivity contribution in [3.63, 3.8) is 0 Å². The molecular formula is C14H24CuN4O4. The van der Waals surface area contributed by atoms with Crippen LogP contribution in [0.4, 0.5) is 0 Å². The summed E-state index contributed by atoms with van der Waals surface area (Å²) in [6.45, 7) is 5.81. The number of hydrogen-bond acceptors (Lipinski definition) is 8. The van der Waals surface area contributed by atoms with Crippen molar-refractivity contribution in [2.45, 2.75) is 52.1 Å². The molecule has 0 aliphatic heterocycles. The van der Waals surface area contributed by atoms with Gasteiger partial charge < -0.3 is 31.2 Å². The van der Waals surface area contributed by atoms with Gasteiger partial charge in [0, 0.05) is 28.5 Å². The van der Waals surface area contributed by atoms with E-state index in [-0.39, 0.29) is 28.5 Å². The van der Waals surface area contributed by atoms with E-state index in [0.717, 1.165) is 0 Å². The molecule has 0 aromatic rings. The van der Waals surface area contributed by atoms with Crippen molar-refractivity contribution >= 4 is 11.4 Å². The van der Waals surface area contributed by atoms with Gasteiger partial charge in [-0.2, -0.15) is 10.5 Å². The smallest absolute Gasteiger partial charge is 0.150 e. The van der Waals surface area contributed by atoms with Gasteiger partial charge in [0.1, 0.15) is 0 Å². The molecule has 0 aromatic carbocycles. The summed E-state index contributed by atoms with van der Waals surface area (Å²) in [5, 5.41) is 66.9. The van der Waals surface area contributed by atoms with Gasteiger partial charge in [0.2, 0.25) is 0 Å². The molecule has 0 saturated carbocycles. The summed E-state index contributed by atoms with van der Waals surface area (Å²) in [5.74, 6) is -1.53. The molecule has 1 radical (unpaired) electrons. The molecule has 0 spiro atoms. The molecule has 0 rings (SSSR count). The second kappa shape index (κ2) is 13.1. The molecule has 0 aliphatic rings.